The molecule has 176 valence electrons. The summed E-state index contributed by atoms with van der Waals surface area (Å²) in [6.45, 7) is 6.87. The van der Waals surface area contributed by atoms with Crippen LogP contribution < -0.4 is 20.3 Å². The molecule has 7 nitrogen and oxygen atoms in total. The smallest absolute Gasteiger partial charge is 0.257 e. The molecular formula is C23H26Cl2N4O3S. The van der Waals surface area contributed by atoms with Gasteiger partial charge in [0.1, 0.15) is 5.75 Å². The van der Waals surface area contributed by atoms with Gasteiger partial charge in [-0.3, -0.25) is 14.9 Å². The number of amides is 2. The number of nitrogens with zero attached hydrogens (tertiary/aromatic N) is 2. The van der Waals surface area contributed by atoms with Crippen LogP contribution in [0.1, 0.15) is 30.6 Å². The summed E-state index contributed by atoms with van der Waals surface area (Å²) in [4.78, 5) is 28.6. The molecule has 0 aliphatic carbocycles. The van der Waals surface area contributed by atoms with Gasteiger partial charge in [-0.05, 0) is 55.5 Å². The number of anilines is 2. The number of thiocarbonyl (C=S) groups is 1. The Balaban J connectivity index is 1.67. The van der Waals surface area contributed by atoms with Crippen molar-refractivity contribution in [3.8, 4) is 5.75 Å². The van der Waals surface area contributed by atoms with Gasteiger partial charge in [0.05, 0.1) is 23.0 Å². The number of rotatable bonds is 6. The van der Waals surface area contributed by atoms with Crippen molar-refractivity contribution in [3.05, 3.63) is 52.0 Å². The predicted octanol–water partition coefficient (Wildman–Crippen LogP) is 4.58. The maximum absolute atomic E-state index is 12.6. The van der Waals surface area contributed by atoms with Crippen LogP contribution in [0.3, 0.4) is 0 Å². The highest BCUT2D eigenvalue weighted by Crippen LogP contribution is 2.30. The molecule has 3 rings (SSSR count). The molecule has 0 unspecified atom stereocenters. The maximum Gasteiger partial charge on any atom is 0.257 e. The van der Waals surface area contributed by atoms with Gasteiger partial charge in [-0.1, -0.05) is 30.1 Å². The minimum Gasteiger partial charge on any atom is -0.492 e. The lowest BCUT2D eigenvalue weighted by Gasteiger charge is -2.37. The lowest BCUT2D eigenvalue weighted by molar-refractivity contribution is -0.131. The van der Waals surface area contributed by atoms with E-state index in [0.29, 0.717) is 66.3 Å². The van der Waals surface area contributed by atoms with Crippen LogP contribution >= 0.6 is 35.4 Å². The van der Waals surface area contributed by atoms with E-state index in [2.05, 4.69) is 15.5 Å². The molecular weight excluding hydrogens is 483 g/mol. The van der Waals surface area contributed by atoms with Crippen molar-refractivity contribution in [2.24, 2.45) is 0 Å². The minimum atomic E-state index is -0.396. The lowest BCUT2D eigenvalue weighted by atomic mass is 10.2. The van der Waals surface area contributed by atoms with Crippen LogP contribution in [0.2, 0.25) is 10.0 Å². The van der Waals surface area contributed by atoms with Crippen molar-refractivity contribution in [2.45, 2.75) is 20.3 Å². The van der Waals surface area contributed by atoms with E-state index in [1.807, 2.05) is 24.8 Å². The molecule has 0 spiro atoms. The fourth-order valence-electron chi connectivity index (χ4n) is 3.55. The van der Waals surface area contributed by atoms with Gasteiger partial charge in [-0.15, -0.1) is 0 Å². The van der Waals surface area contributed by atoms with E-state index in [1.165, 1.54) is 6.07 Å². The van der Waals surface area contributed by atoms with E-state index in [1.54, 1.807) is 24.3 Å². The average molecular weight is 509 g/mol. The van der Waals surface area contributed by atoms with Gasteiger partial charge in [0.15, 0.2) is 5.11 Å². The summed E-state index contributed by atoms with van der Waals surface area (Å²) in [6.07, 6.45) is 0.501. The number of hydrogen-bond acceptors (Lipinski definition) is 5. The monoisotopic (exact) mass is 508 g/mol. The van der Waals surface area contributed by atoms with Gasteiger partial charge in [-0.2, -0.15) is 0 Å². The number of piperazine rings is 1. The number of ether oxygens (including phenoxy) is 1. The topological polar surface area (TPSA) is 73.9 Å². The Labute approximate surface area is 209 Å². The second kappa shape index (κ2) is 11.5. The molecule has 1 aliphatic heterocycles. The molecule has 10 heteroatoms. The summed E-state index contributed by atoms with van der Waals surface area (Å²) in [6, 6.07) is 10.3. The molecule has 2 amide bonds. The maximum atomic E-state index is 12.6. The van der Waals surface area contributed by atoms with Crippen LogP contribution in [0.4, 0.5) is 11.4 Å². The third-order valence-electron chi connectivity index (χ3n) is 5.20. The molecule has 2 aromatic rings. The molecule has 1 heterocycles. The van der Waals surface area contributed by atoms with Crippen molar-refractivity contribution in [1.82, 2.24) is 10.2 Å². The zero-order valence-electron chi connectivity index (χ0n) is 18.5. The molecule has 0 bridgehead atoms. The van der Waals surface area contributed by atoms with Crippen LogP contribution in [0.15, 0.2) is 36.4 Å². The Morgan fingerprint density at radius 1 is 1.06 bits per heavy atom. The lowest BCUT2D eigenvalue weighted by Crippen LogP contribution is -2.48. The van der Waals surface area contributed by atoms with Crippen LogP contribution in [0.5, 0.6) is 5.75 Å². The van der Waals surface area contributed by atoms with Gasteiger partial charge in [0.25, 0.3) is 5.91 Å². The standard InChI is InChI=1S/C23H26Cl2N4O3S/c1-3-21(30)29-11-9-28(10-12-29)19-7-6-16(24)14-18(19)26-23(33)27-22(31)15-5-8-20(32-4-2)17(25)13-15/h5-8,13-14H,3-4,9-12H2,1-2H3,(H2,26,27,31,33). The Morgan fingerprint density at radius 2 is 1.79 bits per heavy atom. The van der Waals surface area contributed by atoms with Crippen molar-refractivity contribution in [3.63, 3.8) is 0 Å². The van der Waals surface area contributed by atoms with E-state index in [0.717, 1.165) is 5.69 Å². The summed E-state index contributed by atoms with van der Waals surface area (Å²) in [7, 11) is 0. The summed E-state index contributed by atoms with van der Waals surface area (Å²) in [5, 5.41) is 6.76. The summed E-state index contributed by atoms with van der Waals surface area (Å²) < 4.78 is 5.40. The Hall–Kier alpha value is -2.55. The van der Waals surface area contributed by atoms with Crippen LogP contribution in [-0.2, 0) is 4.79 Å². The van der Waals surface area contributed by atoms with Crippen molar-refractivity contribution in [1.29, 1.82) is 0 Å². The second-order valence-electron chi connectivity index (χ2n) is 7.37. The summed E-state index contributed by atoms with van der Waals surface area (Å²) >= 11 is 17.8. The highest BCUT2D eigenvalue weighted by molar-refractivity contribution is 7.80. The van der Waals surface area contributed by atoms with Crippen molar-refractivity contribution in [2.75, 3.05) is 43.0 Å². The molecule has 1 aliphatic rings. The van der Waals surface area contributed by atoms with Gasteiger partial charge in [0.2, 0.25) is 5.91 Å². The SMILES string of the molecule is CCOc1ccc(C(=O)NC(=S)Nc2cc(Cl)ccc2N2CCN(C(=O)CC)CC2)cc1Cl. The highest BCUT2D eigenvalue weighted by atomic mass is 35.5. The first kappa shape index (κ1) is 25.1. The quantitative estimate of drug-likeness (QED) is 0.556. The van der Waals surface area contributed by atoms with E-state index in [4.69, 9.17) is 40.2 Å². The first-order valence-corrected chi connectivity index (χ1v) is 11.9. The molecule has 33 heavy (non-hydrogen) atoms. The predicted molar refractivity (Wildman–Crippen MR) is 137 cm³/mol. The number of benzene rings is 2. The molecule has 0 saturated carbocycles. The fourth-order valence-corrected chi connectivity index (χ4v) is 4.16. The van der Waals surface area contributed by atoms with Gasteiger partial charge < -0.3 is 19.9 Å². The molecule has 2 N–H and O–H groups in total. The van der Waals surface area contributed by atoms with Crippen molar-refractivity contribution < 1.29 is 14.3 Å². The number of hydrogen-bond donors (Lipinski definition) is 2. The van der Waals surface area contributed by atoms with E-state index in [-0.39, 0.29) is 11.0 Å². The summed E-state index contributed by atoms with van der Waals surface area (Å²) in [5.41, 5.74) is 1.92. The van der Waals surface area contributed by atoms with Gasteiger partial charge in [-0.25, -0.2) is 0 Å². The fraction of sp³-hybridized carbons (Fsp3) is 0.348. The third-order valence-corrected chi connectivity index (χ3v) is 5.94. The first-order chi connectivity index (χ1) is 15.8. The van der Waals surface area contributed by atoms with Gasteiger partial charge >= 0.3 is 0 Å². The second-order valence-corrected chi connectivity index (χ2v) is 8.62. The van der Waals surface area contributed by atoms with Crippen LogP contribution in [0.25, 0.3) is 0 Å². The van der Waals surface area contributed by atoms with Crippen LogP contribution in [-0.4, -0.2) is 54.6 Å². The van der Waals surface area contributed by atoms with Crippen molar-refractivity contribution >= 4 is 63.7 Å². The zero-order chi connectivity index (χ0) is 24.0. The number of carbonyl (C=O) groups is 2. The Bertz CT molecular complexity index is 1040. The highest BCUT2D eigenvalue weighted by Gasteiger charge is 2.22. The summed E-state index contributed by atoms with van der Waals surface area (Å²) in [5.74, 6) is 0.274. The molecule has 0 aromatic heterocycles. The van der Waals surface area contributed by atoms with Gasteiger partial charge in [0, 0.05) is 43.2 Å². The third kappa shape index (κ3) is 6.50. The normalized spacial score (nSPS) is 13.5. The van der Waals surface area contributed by atoms with E-state index < -0.39 is 5.91 Å². The zero-order valence-corrected chi connectivity index (χ0v) is 20.8. The minimum absolute atomic E-state index is 0.133. The Kier molecular flexibility index (Phi) is 8.77. The number of nitrogens with one attached hydrogen (secondary N) is 2. The van der Waals surface area contributed by atoms with E-state index in [9.17, 15) is 9.59 Å². The number of halogens is 2. The van der Waals surface area contributed by atoms with Crippen LogP contribution in [0, 0.1) is 0 Å². The Morgan fingerprint density at radius 3 is 2.42 bits per heavy atom. The molecule has 0 radical (unpaired) electrons. The molecule has 1 fully saturated rings. The molecule has 1 saturated heterocycles. The largest absolute Gasteiger partial charge is 0.492 e. The molecule has 2 aromatic carbocycles. The first-order valence-electron chi connectivity index (χ1n) is 10.7. The van der Waals surface area contributed by atoms with E-state index >= 15 is 0 Å². The average Bonchev–Trinajstić information content (AvgIpc) is 2.80. The number of carbonyl (C=O) groups excluding carboxylic acids is 2. The molecule has 0 atom stereocenters.